The van der Waals surface area contributed by atoms with Gasteiger partial charge in [0.2, 0.25) is 0 Å². The van der Waals surface area contributed by atoms with Crippen LogP contribution >= 0.6 is 0 Å². The summed E-state index contributed by atoms with van der Waals surface area (Å²) in [4.78, 5) is 24.3. The molecule has 7 nitrogen and oxygen atoms in total. The molecular formula is C18H28N2O5. The van der Waals surface area contributed by atoms with Crippen molar-refractivity contribution in [1.29, 1.82) is 0 Å². The molecule has 140 valence electrons. The number of rotatable bonds is 8. The summed E-state index contributed by atoms with van der Waals surface area (Å²) in [7, 11) is 1.57. The number of nitrogens with one attached hydrogen (secondary N) is 1. The molecule has 0 bridgehead atoms. The Labute approximate surface area is 149 Å². The number of hydrogen-bond acceptors (Lipinski definition) is 5. The summed E-state index contributed by atoms with van der Waals surface area (Å²) in [6, 6.07) is 5.12. The van der Waals surface area contributed by atoms with Crippen molar-refractivity contribution in [3.63, 3.8) is 0 Å². The zero-order valence-corrected chi connectivity index (χ0v) is 15.5. The number of benzene rings is 1. The average molecular weight is 352 g/mol. The standard InChI is InChI=1S/C18H28N2O5/c1-5-7-11-24-17(21)19-20(18(22)25-12-8-6-2)15-9-10-16(23-4)14(3)13-15/h9-10,13H,5-8,11-12H2,1-4H3,(H,19,21). The fourth-order valence-electron chi connectivity index (χ4n) is 2.02. The first-order valence-electron chi connectivity index (χ1n) is 8.58. The molecule has 1 aromatic carbocycles. The van der Waals surface area contributed by atoms with E-state index in [1.807, 2.05) is 20.8 Å². The molecule has 7 heteroatoms. The minimum atomic E-state index is -0.700. The van der Waals surface area contributed by atoms with Crippen molar-refractivity contribution in [2.75, 3.05) is 25.3 Å². The summed E-state index contributed by atoms with van der Waals surface area (Å²) in [6.07, 6.45) is 1.97. The second kappa shape index (κ2) is 11.2. The first kappa shape index (κ1) is 20.6. The van der Waals surface area contributed by atoms with Crippen LogP contribution in [0.3, 0.4) is 0 Å². The number of hydrazine groups is 1. The van der Waals surface area contributed by atoms with Crippen LogP contribution < -0.4 is 15.2 Å². The predicted molar refractivity (Wildman–Crippen MR) is 95.9 cm³/mol. The van der Waals surface area contributed by atoms with E-state index in [4.69, 9.17) is 14.2 Å². The summed E-state index contributed by atoms with van der Waals surface area (Å²) in [5.41, 5.74) is 3.73. The number of amides is 2. The maximum absolute atomic E-state index is 12.4. The summed E-state index contributed by atoms with van der Waals surface area (Å²) >= 11 is 0. The van der Waals surface area contributed by atoms with E-state index in [0.29, 0.717) is 18.0 Å². The lowest BCUT2D eigenvalue weighted by Gasteiger charge is -2.23. The van der Waals surface area contributed by atoms with Crippen LogP contribution in [-0.2, 0) is 9.47 Å². The lowest BCUT2D eigenvalue weighted by atomic mass is 10.2. The van der Waals surface area contributed by atoms with Gasteiger partial charge in [-0.25, -0.2) is 15.0 Å². The number of unbranched alkanes of at least 4 members (excludes halogenated alkanes) is 2. The Morgan fingerprint density at radius 1 is 1.08 bits per heavy atom. The Hall–Kier alpha value is -2.44. The van der Waals surface area contributed by atoms with Crippen LogP contribution in [0.15, 0.2) is 18.2 Å². The topological polar surface area (TPSA) is 77.1 Å². The van der Waals surface area contributed by atoms with E-state index < -0.39 is 12.2 Å². The average Bonchev–Trinajstić information content (AvgIpc) is 2.60. The SMILES string of the molecule is CCCCOC(=O)NN(C(=O)OCCCC)c1ccc(OC)c(C)c1. The van der Waals surface area contributed by atoms with Gasteiger partial charge in [0, 0.05) is 0 Å². The third-order valence-electron chi connectivity index (χ3n) is 3.48. The fraction of sp³-hybridized carbons (Fsp3) is 0.556. The van der Waals surface area contributed by atoms with Crippen molar-refractivity contribution < 1.29 is 23.8 Å². The Kier molecular flexibility index (Phi) is 9.21. The van der Waals surface area contributed by atoms with E-state index in [1.54, 1.807) is 25.3 Å². The molecule has 1 aromatic rings. The third kappa shape index (κ3) is 6.91. The number of carbonyl (C=O) groups is 2. The summed E-state index contributed by atoms with van der Waals surface area (Å²) in [5, 5.41) is 1.05. The molecule has 0 atom stereocenters. The normalized spacial score (nSPS) is 10.1. The number of anilines is 1. The summed E-state index contributed by atoms with van der Waals surface area (Å²) in [5.74, 6) is 0.688. The van der Waals surface area contributed by atoms with Gasteiger partial charge in [0.15, 0.2) is 0 Å². The molecule has 25 heavy (non-hydrogen) atoms. The highest BCUT2D eigenvalue weighted by Gasteiger charge is 2.21. The van der Waals surface area contributed by atoms with Gasteiger partial charge in [0.1, 0.15) is 5.75 Å². The van der Waals surface area contributed by atoms with Gasteiger partial charge in [0.25, 0.3) is 0 Å². The molecule has 0 aliphatic heterocycles. The van der Waals surface area contributed by atoms with E-state index in [2.05, 4.69) is 5.43 Å². The van der Waals surface area contributed by atoms with Crippen LogP contribution in [0.5, 0.6) is 5.75 Å². The lowest BCUT2D eigenvalue weighted by Crippen LogP contribution is -2.47. The van der Waals surface area contributed by atoms with Crippen molar-refractivity contribution in [3.8, 4) is 5.75 Å². The number of ether oxygens (including phenoxy) is 3. The van der Waals surface area contributed by atoms with Crippen molar-refractivity contribution in [1.82, 2.24) is 5.43 Å². The monoisotopic (exact) mass is 352 g/mol. The molecule has 2 amide bonds. The first-order valence-corrected chi connectivity index (χ1v) is 8.58. The van der Waals surface area contributed by atoms with Gasteiger partial charge in [-0.3, -0.25) is 0 Å². The van der Waals surface area contributed by atoms with E-state index in [-0.39, 0.29) is 6.61 Å². The number of aryl methyl sites for hydroxylation is 1. The minimum Gasteiger partial charge on any atom is -0.496 e. The van der Waals surface area contributed by atoms with Crippen LogP contribution in [0, 0.1) is 6.92 Å². The summed E-state index contributed by atoms with van der Waals surface area (Å²) < 4.78 is 15.5. The van der Waals surface area contributed by atoms with E-state index in [1.165, 1.54) is 0 Å². The van der Waals surface area contributed by atoms with Crippen LogP contribution in [0.2, 0.25) is 0 Å². The second-order valence-corrected chi connectivity index (χ2v) is 5.56. The molecule has 1 N–H and O–H groups in total. The smallest absolute Gasteiger partial charge is 0.433 e. The fourth-order valence-corrected chi connectivity index (χ4v) is 2.02. The van der Waals surface area contributed by atoms with Crippen LogP contribution in [0.25, 0.3) is 0 Å². The molecule has 0 unspecified atom stereocenters. The van der Waals surface area contributed by atoms with E-state index in [9.17, 15) is 9.59 Å². The molecule has 0 aliphatic carbocycles. The third-order valence-corrected chi connectivity index (χ3v) is 3.48. The quantitative estimate of drug-likeness (QED) is 0.561. The molecule has 1 rings (SSSR count). The largest absolute Gasteiger partial charge is 0.496 e. The Morgan fingerprint density at radius 3 is 2.28 bits per heavy atom. The minimum absolute atomic E-state index is 0.285. The molecule has 0 heterocycles. The Bertz CT molecular complexity index is 562. The van der Waals surface area contributed by atoms with E-state index in [0.717, 1.165) is 36.3 Å². The maximum Gasteiger partial charge on any atom is 0.433 e. The molecule has 0 saturated heterocycles. The molecule has 0 aliphatic rings. The predicted octanol–water partition coefficient (Wildman–Crippen LogP) is 4.19. The molecule has 0 saturated carbocycles. The van der Waals surface area contributed by atoms with Gasteiger partial charge < -0.3 is 14.2 Å². The zero-order valence-electron chi connectivity index (χ0n) is 15.5. The molecular weight excluding hydrogens is 324 g/mol. The van der Waals surface area contributed by atoms with Crippen molar-refractivity contribution in [2.45, 2.75) is 46.5 Å². The second-order valence-electron chi connectivity index (χ2n) is 5.56. The van der Waals surface area contributed by atoms with Crippen molar-refractivity contribution in [3.05, 3.63) is 23.8 Å². The van der Waals surface area contributed by atoms with Crippen LogP contribution in [0.1, 0.15) is 45.1 Å². The number of methoxy groups -OCH3 is 1. The van der Waals surface area contributed by atoms with Crippen LogP contribution in [0.4, 0.5) is 15.3 Å². The van der Waals surface area contributed by atoms with E-state index >= 15 is 0 Å². The van der Waals surface area contributed by atoms with Gasteiger partial charge >= 0.3 is 12.2 Å². The molecule has 0 radical (unpaired) electrons. The Morgan fingerprint density at radius 2 is 1.72 bits per heavy atom. The van der Waals surface area contributed by atoms with Crippen molar-refractivity contribution in [2.24, 2.45) is 0 Å². The van der Waals surface area contributed by atoms with Crippen molar-refractivity contribution >= 4 is 17.9 Å². The first-order chi connectivity index (χ1) is 12.0. The summed E-state index contributed by atoms with van der Waals surface area (Å²) in [6.45, 7) is 6.43. The Balaban J connectivity index is 2.88. The van der Waals surface area contributed by atoms with Gasteiger partial charge in [-0.2, -0.15) is 5.01 Å². The van der Waals surface area contributed by atoms with Gasteiger partial charge in [-0.1, -0.05) is 26.7 Å². The highest BCUT2D eigenvalue weighted by atomic mass is 16.6. The zero-order chi connectivity index (χ0) is 18.7. The number of carbonyl (C=O) groups excluding carboxylic acids is 2. The molecule has 0 aromatic heterocycles. The lowest BCUT2D eigenvalue weighted by molar-refractivity contribution is 0.131. The number of nitrogens with zero attached hydrogens (tertiary/aromatic N) is 1. The number of hydrogen-bond donors (Lipinski definition) is 1. The van der Waals surface area contributed by atoms with Gasteiger partial charge in [-0.15, -0.1) is 0 Å². The van der Waals surface area contributed by atoms with Gasteiger partial charge in [0.05, 0.1) is 26.0 Å². The molecule has 0 spiro atoms. The highest BCUT2D eigenvalue weighted by Crippen LogP contribution is 2.24. The van der Waals surface area contributed by atoms with Gasteiger partial charge in [-0.05, 0) is 43.5 Å². The maximum atomic E-state index is 12.4. The molecule has 0 fully saturated rings. The van der Waals surface area contributed by atoms with Crippen LogP contribution in [-0.4, -0.2) is 32.5 Å². The highest BCUT2D eigenvalue weighted by molar-refractivity contribution is 5.90.